The fraction of sp³-hybridized carbons (Fsp3) is 1.00. The fourth-order valence-corrected chi connectivity index (χ4v) is 2.05. The molecule has 0 unspecified atom stereocenters. The highest BCUT2D eigenvalue weighted by atomic mass is 16.5. The normalized spacial score (nSPS) is 36.3. The Kier molecular flexibility index (Phi) is 2.72. The zero-order valence-corrected chi connectivity index (χ0v) is 7.26. The third-order valence-corrected chi connectivity index (χ3v) is 2.90. The first-order valence-electron chi connectivity index (χ1n) is 4.28. The van der Waals surface area contributed by atoms with E-state index in [1.54, 1.807) is 0 Å². The Bertz CT molecular complexity index is 101. The molecule has 0 bridgehead atoms. The largest absolute Gasteiger partial charge is 0.381 e. The van der Waals surface area contributed by atoms with Crippen LogP contribution in [0.15, 0.2) is 0 Å². The lowest BCUT2D eigenvalue weighted by molar-refractivity contribution is 0.0539. The molecule has 1 nitrogen and oxygen atoms in total. The Labute approximate surface area is 63.8 Å². The van der Waals surface area contributed by atoms with E-state index in [0.717, 1.165) is 11.8 Å². The number of hydrogen-bond donors (Lipinski definition) is 0. The summed E-state index contributed by atoms with van der Waals surface area (Å²) >= 11 is 0. The lowest BCUT2D eigenvalue weighted by atomic mass is 9.93. The van der Waals surface area contributed by atoms with Gasteiger partial charge in [0.1, 0.15) is 0 Å². The van der Waals surface area contributed by atoms with Crippen molar-refractivity contribution in [3.63, 3.8) is 0 Å². The molecule has 0 spiro atoms. The summed E-state index contributed by atoms with van der Waals surface area (Å²) in [7, 11) is 1.82. The third kappa shape index (κ3) is 1.51. The third-order valence-electron chi connectivity index (χ3n) is 2.90. The van der Waals surface area contributed by atoms with Crippen LogP contribution in [0.5, 0.6) is 0 Å². The molecule has 1 aliphatic carbocycles. The molecule has 0 aromatic carbocycles. The molecule has 0 radical (unpaired) electrons. The molecule has 1 rings (SSSR count). The molecule has 0 heterocycles. The van der Waals surface area contributed by atoms with Crippen molar-refractivity contribution >= 4 is 0 Å². The number of rotatable bonds is 2. The molecular formula is C9H18O. The van der Waals surface area contributed by atoms with Crippen molar-refractivity contribution < 1.29 is 4.74 Å². The van der Waals surface area contributed by atoms with E-state index in [2.05, 4.69) is 13.8 Å². The van der Waals surface area contributed by atoms with Gasteiger partial charge in [0.05, 0.1) is 6.10 Å². The van der Waals surface area contributed by atoms with Gasteiger partial charge in [-0.3, -0.25) is 0 Å². The van der Waals surface area contributed by atoms with E-state index in [0.29, 0.717) is 6.10 Å². The Morgan fingerprint density at radius 1 is 1.40 bits per heavy atom. The van der Waals surface area contributed by atoms with Crippen LogP contribution < -0.4 is 0 Å². The maximum atomic E-state index is 5.30. The van der Waals surface area contributed by atoms with E-state index >= 15 is 0 Å². The SMILES string of the molecule is CO[C@@H](C)[C@@H]1CCC[C@@H]1C. The van der Waals surface area contributed by atoms with Gasteiger partial charge in [-0.1, -0.05) is 19.8 Å². The molecule has 1 heteroatoms. The first kappa shape index (κ1) is 8.06. The van der Waals surface area contributed by atoms with Crippen LogP contribution in [0, 0.1) is 11.8 Å². The molecule has 1 aliphatic rings. The summed E-state index contributed by atoms with van der Waals surface area (Å²) in [6.07, 6.45) is 4.64. The number of methoxy groups -OCH3 is 1. The predicted molar refractivity (Wildman–Crippen MR) is 43.0 cm³/mol. The van der Waals surface area contributed by atoms with Crippen LogP contribution in [0.3, 0.4) is 0 Å². The zero-order valence-electron chi connectivity index (χ0n) is 7.26. The van der Waals surface area contributed by atoms with Gasteiger partial charge < -0.3 is 4.74 Å². The van der Waals surface area contributed by atoms with Crippen molar-refractivity contribution in [2.24, 2.45) is 11.8 Å². The first-order valence-corrected chi connectivity index (χ1v) is 4.28. The number of ether oxygens (including phenoxy) is 1. The highest BCUT2D eigenvalue weighted by Crippen LogP contribution is 2.34. The molecule has 0 aromatic heterocycles. The summed E-state index contributed by atoms with van der Waals surface area (Å²) in [5.41, 5.74) is 0. The van der Waals surface area contributed by atoms with Gasteiger partial charge in [-0.25, -0.2) is 0 Å². The standard InChI is InChI=1S/C9H18O/c1-7-5-4-6-9(7)8(2)10-3/h7-9H,4-6H2,1-3H3/t7-,8-,9+/m0/s1. The molecule has 3 atom stereocenters. The predicted octanol–water partition coefficient (Wildman–Crippen LogP) is 2.46. The average Bonchev–Trinajstić information content (AvgIpc) is 2.34. The summed E-state index contributed by atoms with van der Waals surface area (Å²) < 4.78 is 5.30. The van der Waals surface area contributed by atoms with Crippen molar-refractivity contribution in [3.05, 3.63) is 0 Å². The Morgan fingerprint density at radius 2 is 2.10 bits per heavy atom. The Morgan fingerprint density at radius 3 is 2.50 bits per heavy atom. The van der Waals surface area contributed by atoms with Crippen LogP contribution >= 0.6 is 0 Å². The van der Waals surface area contributed by atoms with Crippen molar-refractivity contribution in [2.75, 3.05) is 7.11 Å². The maximum Gasteiger partial charge on any atom is 0.0573 e. The second-order valence-electron chi connectivity index (χ2n) is 3.51. The summed E-state index contributed by atoms with van der Waals surface area (Å²) in [5, 5.41) is 0. The van der Waals surface area contributed by atoms with E-state index in [4.69, 9.17) is 4.74 Å². The Hall–Kier alpha value is -0.0400. The van der Waals surface area contributed by atoms with Crippen LogP contribution in [-0.2, 0) is 4.74 Å². The molecule has 0 aliphatic heterocycles. The van der Waals surface area contributed by atoms with Gasteiger partial charge in [-0.05, 0) is 25.2 Å². The van der Waals surface area contributed by atoms with Gasteiger partial charge in [-0.15, -0.1) is 0 Å². The van der Waals surface area contributed by atoms with E-state index in [-0.39, 0.29) is 0 Å². The van der Waals surface area contributed by atoms with Crippen molar-refractivity contribution in [1.82, 2.24) is 0 Å². The van der Waals surface area contributed by atoms with Crippen LogP contribution in [0.4, 0.5) is 0 Å². The maximum absolute atomic E-state index is 5.30. The molecule has 1 saturated carbocycles. The highest BCUT2D eigenvalue weighted by molar-refractivity contribution is 4.78. The quantitative estimate of drug-likeness (QED) is 0.575. The van der Waals surface area contributed by atoms with E-state index < -0.39 is 0 Å². The smallest absolute Gasteiger partial charge is 0.0573 e. The van der Waals surface area contributed by atoms with E-state index in [1.165, 1.54) is 19.3 Å². The van der Waals surface area contributed by atoms with Gasteiger partial charge in [-0.2, -0.15) is 0 Å². The van der Waals surface area contributed by atoms with Crippen LogP contribution in [-0.4, -0.2) is 13.2 Å². The van der Waals surface area contributed by atoms with Crippen molar-refractivity contribution in [2.45, 2.75) is 39.2 Å². The zero-order chi connectivity index (χ0) is 7.56. The molecule has 0 aromatic rings. The van der Waals surface area contributed by atoms with Crippen molar-refractivity contribution in [3.8, 4) is 0 Å². The summed E-state index contributed by atoms with van der Waals surface area (Å²) in [6.45, 7) is 4.53. The number of hydrogen-bond acceptors (Lipinski definition) is 1. The first-order chi connectivity index (χ1) is 4.75. The molecule has 10 heavy (non-hydrogen) atoms. The summed E-state index contributed by atoms with van der Waals surface area (Å²) in [4.78, 5) is 0. The molecule has 60 valence electrons. The lowest BCUT2D eigenvalue weighted by Crippen LogP contribution is -2.21. The minimum Gasteiger partial charge on any atom is -0.381 e. The molecule has 1 fully saturated rings. The second kappa shape index (κ2) is 3.38. The monoisotopic (exact) mass is 142 g/mol. The molecular weight excluding hydrogens is 124 g/mol. The summed E-state index contributed by atoms with van der Waals surface area (Å²) in [6, 6.07) is 0. The topological polar surface area (TPSA) is 9.23 Å². The van der Waals surface area contributed by atoms with Crippen molar-refractivity contribution in [1.29, 1.82) is 0 Å². The van der Waals surface area contributed by atoms with E-state index in [9.17, 15) is 0 Å². The minimum atomic E-state index is 0.470. The highest BCUT2D eigenvalue weighted by Gasteiger charge is 2.27. The van der Waals surface area contributed by atoms with Gasteiger partial charge in [0.2, 0.25) is 0 Å². The van der Waals surface area contributed by atoms with Gasteiger partial charge in [0, 0.05) is 7.11 Å². The van der Waals surface area contributed by atoms with Crippen LogP contribution in [0.25, 0.3) is 0 Å². The second-order valence-corrected chi connectivity index (χ2v) is 3.51. The minimum absolute atomic E-state index is 0.470. The molecule has 0 saturated heterocycles. The lowest BCUT2D eigenvalue weighted by Gasteiger charge is -2.21. The van der Waals surface area contributed by atoms with E-state index in [1.807, 2.05) is 7.11 Å². The molecule has 0 N–H and O–H groups in total. The summed E-state index contributed by atoms with van der Waals surface area (Å²) in [5.74, 6) is 1.71. The molecule has 0 amide bonds. The van der Waals surface area contributed by atoms with Crippen LogP contribution in [0.2, 0.25) is 0 Å². The average molecular weight is 142 g/mol. The fourth-order valence-electron chi connectivity index (χ4n) is 2.05. The van der Waals surface area contributed by atoms with Crippen LogP contribution in [0.1, 0.15) is 33.1 Å². The van der Waals surface area contributed by atoms with Gasteiger partial charge >= 0.3 is 0 Å². The Balaban J connectivity index is 2.38. The van der Waals surface area contributed by atoms with Gasteiger partial charge in [0.15, 0.2) is 0 Å². The van der Waals surface area contributed by atoms with Gasteiger partial charge in [0.25, 0.3) is 0 Å².